The highest BCUT2D eigenvalue weighted by molar-refractivity contribution is 5.95. The van der Waals surface area contributed by atoms with Crippen molar-refractivity contribution in [3.8, 4) is 5.75 Å². The average Bonchev–Trinajstić information content (AvgIpc) is 2.65. The number of aryl methyl sites for hydroxylation is 1. The number of carbonyl (C=O) groups is 2. The molecule has 0 unspecified atom stereocenters. The molecule has 144 valence electrons. The van der Waals surface area contributed by atoms with E-state index in [1.165, 1.54) is 0 Å². The fourth-order valence-corrected chi connectivity index (χ4v) is 2.64. The monoisotopic (exact) mass is 368 g/mol. The molecule has 2 aromatic carbocycles. The van der Waals surface area contributed by atoms with Crippen LogP contribution in [0.4, 0.5) is 0 Å². The van der Waals surface area contributed by atoms with Crippen LogP contribution in [0.15, 0.2) is 48.5 Å². The minimum Gasteiger partial charge on any atom is -0.494 e. The molecule has 0 bridgehead atoms. The van der Waals surface area contributed by atoms with Gasteiger partial charge in [0.25, 0.3) is 5.91 Å². The summed E-state index contributed by atoms with van der Waals surface area (Å²) in [4.78, 5) is 24.2. The zero-order valence-electron chi connectivity index (χ0n) is 16.5. The molecule has 0 aromatic heterocycles. The summed E-state index contributed by atoms with van der Waals surface area (Å²) < 4.78 is 5.56. The summed E-state index contributed by atoms with van der Waals surface area (Å²) in [5, 5.41) is 0. The first-order chi connectivity index (χ1) is 12.8. The molecule has 2 rings (SSSR count). The Balaban J connectivity index is 1.84. The molecule has 0 aliphatic heterocycles. The van der Waals surface area contributed by atoms with Gasteiger partial charge in [-0.25, -0.2) is 0 Å². The Kier molecular flexibility index (Phi) is 6.99. The van der Waals surface area contributed by atoms with Crippen molar-refractivity contribution >= 4 is 11.8 Å². The molecule has 0 fully saturated rings. The molecule has 0 spiro atoms. The van der Waals surface area contributed by atoms with E-state index in [2.05, 4.69) is 31.6 Å². The summed E-state index contributed by atoms with van der Waals surface area (Å²) >= 11 is 0. The van der Waals surface area contributed by atoms with Gasteiger partial charge in [-0.05, 0) is 48.1 Å². The summed E-state index contributed by atoms with van der Waals surface area (Å²) in [6.45, 7) is 8.85. The van der Waals surface area contributed by atoms with Gasteiger partial charge in [-0.1, -0.05) is 51.1 Å². The molecule has 0 aliphatic carbocycles. The number of rotatable bonds is 6. The van der Waals surface area contributed by atoms with Gasteiger partial charge < -0.3 is 4.74 Å². The summed E-state index contributed by atoms with van der Waals surface area (Å²) in [5.74, 6) is 0.204. The van der Waals surface area contributed by atoms with Crippen molar-refractivity contribution in [2.75, 3.05) is 6.61 Å². The molecule has 2 N–H and O–H groups in total. The van der Waals surface area contributed by atoms with E-state index in [9.17, 15) is 9.59 Å². The van der Waals surface area contributed by atoms with Crippen LogP contribution in [-0.4, -0.2) is 18.4 Å². The van der Waals surface area contributed by atoms with Crippen LogP contribution in [0, 0.1) is 0 Å². The second-order valence-corrected chi connectivity index (χ2v) is 7.37. The van der Waals surface area contributed by atoms with Gasteiger partial charge in [-0.3, -0.25) is 20.4 Å². The van der Waals surface area contributed by atoms with Crippen molar-refractivity contribution in [3.63, 3.8) is 0 Å². The van der Waals surface area contributed by atoms with E-state index in [1.54, 1.807) is 12.1 Å². The predicted octanol–water partition coefficient (Wildman–Crippen LogP) is 3.78. The maximum absolute atomic E-state index is 12.2. The van der Waals surface area contributed by atoms with Crippen LogP contribution in [0.2, 0.25) is 0 Å². The lowest BCUT2D eigenvalue weighted by Gasteiger charge is -2.19. The number of ether oxygens (including phenoxy) is 1. The highest BCUT2D eigenvalue weighted by Gasteiger charge is 2.14. The summed E-state index contributed by atoms with van der Waals surface area (Å²) in [6.07, 6.45) is 0.797. The van der Waals surface area contributed by atoms with Gasteiger partial charge in [0.2, 0.25) is 5.91 Å². The van der Waals surface area contributed by atoms with Gasteiger partial charge >= 0.3 is 0 Å². The van der Waals surface area contributed by atoms with Gasteiger partial charge in [0, 0.05) is 12.0 Å². The third kappa shape index (κ3) is 6.13. The van der Waals surface area contributed by atoms with E-state index < -0.39 is 0 Å². The van der Waals surface area contributed by atoms with Crippen LogP contribution >= 0.6 is 0 Å². The number of carbonyl (C=O) groups excluding carboxylic acids is 2. The summed E-state index contributed by atoms with van der Waals surface area (Å²) in [7, 11) is 0. The molecular weight excluding hydrogens is 340 g/mol. The van der Waals surface area contributed by atoms with Gasteiger partial charge in [0.05, 0.1) is 6.61 Å². The van der Waals surface area contributed by atoms with Crippen molar-refractivity contribution < 1.29 is 14.3 Å². The Labute approximate surface area is 161 Å². The highest BCUT2D eigenvalue weighted by atomic mass is 16.5. The van der Waals surface area contributed by atoms with Crippen molar-refractivity contribution in [3.05, 3.63) is 65.2 Å². The molecule has 2 amide bonds. The van der Waals surface area contributed by atoms with Gasteiger partial charge in [-0.2, -0.15) is 0 Å². The number of para-hydroxylation sites is 1. The average molecular weight is 368 g/mol. The Morgan fingerprint density at radius 1 is 0.963 bits per heavy atom. The number of hydrazine groups is 1. The third-order valence-corrected chi connectivity index (χ3v) is 4.22. The van der Waals surface area contributed by atoms with Crippen LogP contribution in [-0.2, 0) is 16.6 Å². The maximum atomic E-state index is 12.2. The summed E-state index contributed by atoms with van der Waals surface area (Å²) in [5.41, 5.74) is 7.58. The maximum Gasteiger partial charge on any atom is 0.269 e. The quantitative estimate of drug-likeness (QED) is 0.763. The Morgan fingerprint density at radius 2 is 1.63 bits per heavy atom. The second kappa shape index (κ2) is 9.21. The van der Waals surface area contributed by atoms with Crippen molar-refractivity contribution in [1.82, 2.24) is 10.9 Å². The summed E-state index contributed by atoms with van der Waals surface area (Å²) in [6, 6.07) is 15.0. The van der Waals surface area contributed by atoms with Gasteiger partial charge in [0.15, 0.2) is 0 Å². The molecule has 5 nitrogen and oxygen atoms in total. The van der Waals surface area contributed by atoms with E-state index in [1.807, 2.05) is 43.3 Å². The van der Waals surface area contributed by atoms with E-state index in [4.69, 9.17) is 4.74 Å². The fraction of sp³-hybridized carbons (Fsp3) is 0.364. The molecule has 0 aliphatic rings. The highest BCUT2D eigenvalue weighted by Crippen LogP contribution is 2.22. The standard InChI is InChI=1S/C22H28N2O3/c1-5-27-19-9-7-6-8-16(19)12-15-20(25)23-24-21(26)17-10-13-18(14-11-17)22(2,3)4/h6-11,13-14H,5,12,15H2,1-4H3,(H,23,25)(H,24,26). The molecule has 0 saturated heterocycles. The van der Waals surface area contributed by atoms with Crippen LogP contribution in [0.5, 0.6) is 5.75 Å². The van der Waals surface area contributed by atoms with E-state index >= 15 is 0 Å². The first-order valence-corrected chi connectivity index (χ1v) is 9.21. The first-order valence-electron chi connectivity index (χ1n) is 9.21. The molecule has 0 heterocycles. The number of nitrogens with one attached hydrogen (secondary N) is 2. The van der Waals surface area contributed by atoms with Gasteiger partial charge in [0.1, 0.15) is 5.75 Å². The SMILES string of the molecule is CCOc1ccccc1CCC(=O)NNC(=O)c1ccc(C(C)(C)C)cc1. The number of hydrogen-bond donors (Lipinski definition) is 2. The number of benzene rings is 2. The normalized spacial score (nSPS) is 11.0. The fourth-order valence-electron chi connectivity index (χ4n) is 2.64. The lowest BCUT2D eigenvalue weighted by Crippen LogP contribution is -2.41. The molecule has 0 radical (unpaired) electrons. The van der Waals surface area contributed by atoms with E-state index in [0.717, 1.165) is 16.9 Å². The van der Waals surface area contributed by atoms with E-state index in [-0.39, 0.29) is 23.7 Å². The van der Waals surface area contributed by atoms with Crippen LogP contribution < -0.4 is 15.6 Å². The zero-order chi connectivity index (χ0) is 19.9. The molecule has 0 atom stereocenters. The second-order valence-electron chi connectivity index (χ2n) is 7.37. The first kappa shape index (κ1) is 20.5. The minimum atomic E-state index is -0.335. The molecular formula is C22H28N2O3. The van der Waals surface area contributed by atoms with Crippen LogP contribution in [0.1, 0.15) is 55.6 Å². The van der Waals surface area contributed by atoms with Crippen molar-refractivity contribution in [1.29, 1.82) is 0 Å². The van der Waals surface area contributed by atoms with Crippen LogP contribution in [0.3, 0.4) is 0 Å². The molecule has 0 saturated carbocycles. The lowest BCUT2D eigenvalue weighted by molar-refractivity contribution is -0.121. The van der Waals surface area contributed by atoms with E-state index in [0.29, 0.717) is 18.6 Å². The molecule has 27 heavy (non-hydrogen) atoms. The largest absolute Gasteiger partial charge is 0.494 e. The topological polar surface area (TPSA) is 67.4 Å². The Morgan fingerprint density at radius 3 is 2.26 bits per heavy atom. The predicted molar refractivity (Wildman–Crippen MR) is 107 cm³/mol. The molecule has 2 aromatic rings. The number of hydrogen-bond acceptors (Lipinski definition) is 3. The lowest BCUT2D eigenvalue weighted by atomic mass is 9.87. The minimum absolute atomic E-state index is 0.0288. The smallest absolute Gasteiger partial charge is 0.269 e. The van der Waals surface area contributed by atoms with Gasteiger partial charge in [-0.15, -0.1) is 0 Å². The molecule has 5 heteroatoms. The zero-order valence-corrected chi connectivity index (χ0v) is 16.5. The number of amides is 2. The Hall–Kier alpha value is -2.82. The van der Waals surface area contributed by atoms with Crippen molar-refractivity contribution in [2.24, 2.45) is 0 Å². The van der Waals surface area contributed by atoms with Crippen molar-refractivity contribution in [2.45, 2.75) is 46.0 Å². The third-order valence-electron chi connectivity index (χ3n) is 4.22. The van der Waals surface area contributed by atoms with Crippen LogP contribution in [0.25, 0.3) is 0 Å². The Bertz CT molecular complexity index is 777.